The van der Waals surface area contributed by atoms with E-state index in [0.717, 1.165) is 19.6 Å². The first-order valence-corrected chi connectivity index (χ1v) is 18.4. The highest BCUT2D eigenvalue weighted by molar-refractivity contribution is 7.80. The van der Waals surface area contributed by atoms with Crippen LogP contribution in [-0.2, 0) is 13.1 Å². The fourth-order valence-corrected chi connectivity index (χ4v) is 10.6. The third-order valence-corrected chi connectivity index (χ3v) is 13.0. The number of hydrogen-bond acceptors (Lipinski definition) is 2. The van der Waals surface area contributed by atoms with Gasteiger partial charge in [-0.2, -0.15) is 0 Å². The monoisotopic (exact) mass is 622 g/mol. The first-order chi connectivity index (χ1) is 22.3. The summed E-state index contributed by atoms with van der Waals surface area (Å²) in [7, 11) is -1.28. The molecule has 0 amide bonds. The van der Waals surface area contributed by atoms with Crippen LogP contribution in [0.1, 0.15) is 18.1 Å². The van der Waals surface area contributed by atoms with Crippen LogP contribution in [0.2, 0.25) is 0 Å². The number of benzene rings is 6. The number of rotatable bonds is 13. The molecule has 0 spiro atoms. The predicted molar refractivity (Wildman–Crippen MR) is 198 cm³/mol. The lowest BCUT2D eigenvalue weighted by Crippen LogP contribution is -2.37. The van der Waals surface area contributed by atoms with Crippen LogP contribution in [0.25, 0.3) is 0 Å². The SMILES string of the molecule is C[C@@H](CNCc1ccccc1P(c1ccccc1)c1ccccc1)NCc1ccccc1P(c1ccccc1)c1ccccc1. The summed E-state index contributed by atoms with van der Waals surface area (Å²) in [5, 5.41) is 16.0. The summed E-state index contributed by atoms with van der Waals surface area (Å²) in [5.74, 6) is 0. The highest BCUT2D eigenvalue weighted by Crippen LogP contribution is 2.35. The second kappa shape index (κ2) is 15.9. The summed E-state index contributed by atoms with van der Waals surface area (Å²) in [6, 6.07) is 62.1. The highest BCUT2D eigenvalue weighted by atomic mass is 31.1. The first kappa shape index (κ1) is 31.1. The van der Waals surface area contributed by atoms with Gasteiger partial charge in [0.15, 0.2) is 0 Å². The van der Waals surface area contributed by atoms with Crippen LogP contribution in [0.15, 0.2) is 170 Å². The Morgan fingerprint density at radius 3 is 1.16 bits per heavy atom. The van der Waals surface area contributed by atoms with E-state index in [4.69, 9.17) is 0 Å². The average Bonchev–Trinajstić information content (AvgIpc) is 3.11. The Hall–Kier alpha value is -3.90. The quantitative estimate of drug-likeness (QED) is 0.144. The van der Waals surface area contributed by atoms with Crippen LogP contribution in [0.4, 0.5) is 0 Å². The van der Waals surface area contributed by atoms with E-state index in [9.17, 15) is 0 Å². The fraction of sp³-hybridized carbons (Fsp3) is 0.122. The Labute approximate surface area is 271 Å². The maximum atomic E-state index is 3.82. The zero-order valence-corrected chi connectivity index (χ0v) is 27.5. The Bertz CT molecular complexity index is 1670. The van der Waals surface area contributed by atoms with E-state index in [-0.39, 0.29) is 0 Å². The molecule has 0 bridgehead atoms. The molecule has 45 heavy (non-hydrogen) atoms. The lowest BCUT2D eigenvalue weighted by atomic mass is 10.2. The van der Waals surface area contributed by atoms with Crippen molar-refractivity contribution in [2.24, 2.45) is 0 Å². The minimum Gasteiger partial charge on any atom is -0.311 e. The molecule has 0 heterocycles. The first-order valence-electron chi connectivity index (χ1n) is 15.7. The van der Waals surface area contributed by atoms with Gasteiger partial charge in [0.05, 0.1) is 0 Å². The van der Waals surface area contributed by atoms with Gasteiger partial charge in [0, 0.05) is 25.7 Å². The van der Waals surface area contributed by atoms with E-state index in [1.165, 1.54) is 43.0 Å². The van der Waals surface area contributed by atoms with Gasteiger partial charge in [-0.25, -0.2) is 0 Å². The third kappa shape index (κ3) is 8.04. The molecular formula is C41H40N2P2. The summed E-state index contributed by atoms with van der Waals surface area (Å²) in [4.78, 5) is 0. The zero-order chi connectivity index (χ0) is 30.7. The van der Waals surface area contributed by atoms with E-state index >= 15 is 0 Å². The van der Waals surface area contributed by atoms with E-state index in [1.807, 2.05) is 0 Å². The Morgan fingerprint density at radius 1 is 0.422 bits per heavy atom. The van der Waals surface area contributed by atoms with Crippen molar-refractivity contribution < 1.29 is 0 Å². The van der Waals surface area contributed by atoms with Gasteiger partial charge < -0.3 is 10.6 Å². The molecule has 2 nitrogen and oxygen atoms in total. The second-order valence-electron chi connectivity index (χ2n) is 11.2. The van der Waals surface area contributed by atoms with Crippen LogP contribution < -0.4 is 42.5 Å². The molecule has 2 N–H and O–H groups in total. The van der Waals surface area contributed by atoms with Gasteiger partial charge in [-0.3, -0.25) is 0 Å². The van der Waals surface area contributed by atoms with Crippen LogP contribution >= 0.6 is 15.8 Å². The fourth-order valence-electron chi connectivity index (χ4n) is 5.70. The molecule has 6 rings (SSSR count). The van der Waals surface area contributed by atoms with Crippen molar-refractivity contribution in [1.29, 1.82) is 0 Å². The summed E-state index contributed by atoms with van der Waals surface area (Å²) < 4.78 is 0. The topological polar surface area (TPSA) is 24.1 Å². The molecule has 0 aliphatic rings. The molecule has 1 atom stereocenters. The van der Waals surface area contributed by atoms with Crippen molar-refractivity contribution in [1.82, 2.24) is 10.6 Å². The van der Waals surface area contributed by atoms with E-state index in [2.05, 4.69) is 187 Å². The van der Waals surface area contributed by atoms with Gasteiger partial charge in [-0.1, -0.05) is 170 Å². The van der Waals surface area contributed by atoms with Gasteiger partial charge in [0.2, 0.25) is 0 Å². The summed E-state index contributed by atoms with van der Waals surface area (Å²) in [5.41, 5.74) is 2.73. The molecule has 6 aromatic rings. The van der Waals surface area contributed by atoms with E-state index in [0.29, 0.717) is 6.04 Å². The molecule has 0 aliphatic carbocycles. The zero-order valence-electron chi connectivity index (χ0n) is 25.8. The normalized spacial score (nSPS) is 12.0. The Kier molecular flexibility index (Phi) is 11.0. The standard InChI is InChI=1S/C41H40N2P2/c1-33(43-32-35-19-15-17-29-41(35)45(38-24-10-4-11-25-38)39-26-12-5-13-27-39)30-42-31-34-18-14-16-28-40(34)44(36-20-6-2-7-21-36)37-22-8-3-9-23-37/h2-29,33,42-43H,30-32H2,1H3/t33-/m0/s1. The smallest absolute Gasteiger partial charge is 0.0215 e. The minimum absolute atomic E-state index is 0.314. The predicted octanol–water partition coefficient (Wildman–Crippen LogP) is 6.47. The van der Waals surface area contributed by atoms with E-state index < -0.39 is 15.8 Å². The van der Waals surface area contributed by atoms with Crippen molar-refractivity contribution in [2.75, 3.05) is 6.54 Å². The summed E-state index contributed by atoms with van der Waals surface area (Å²) in [6.45, 7) is 4.84. The molecule has 0 unspecified atom stereocenters. The van der Waals surface area contributed by atoms with Gasteiger partial charge in [0.25, 0.3) is 0 Å². The van der Waals surface area contributed by atoms with Crippen LogP contribution in [0.5, 0.6) is 0 Å². The van der Waals surface area contributed by atoms with Crippen molar-refractivity contribution >= 4 is 47.7 Å². The largest absolute Gasteiger partial charge is 0.311 e. The third-order valence-electron chi connectivity index (χ3n) is 7.93. The lowest BCUT2D eigenvalue weighted by Gasteiger charge is -2.24. The van der Waals surface area contributed by atoms with Gasteiger partial charge in [0.1, 0.15) is 0 Å². The maximum absolute atomic E-state index is 3.82. The van der Waals surface area contributed by atoms with Crippen molar-refractivity contribution in [2.45, 2.75) is 26.1 Å². The molecule has 0 radical (unpaired) electrons. The molecule has 224 valence electrons. The molecule has 0 saturated heterocycles. The molecule has 0 aliphatic heterocycles. The van der Waals surface area contributed by atoms with Crippen molar-refractivity contribution in [3.05, 3.63) is 181 Å². The molecule has 0 aromatic heterocycles. The number of nitrogens with one attached hydrogen (secondary N) is 2. The molecule has 6 aromatic carbocycles. The van der Waals surface area contributed by atoms with Crippen molar-refractivity contribution in [3.63, 3.8) is 0 Å². The minimum atomic E-state index is -0.641. The number of hydrogen-bond donors (Lipinski definition) is 2. The molecular weight excluding hydrogens is 582 g/mol. The second-order valence-corrected chi connectivity index (χ2v) is 15.6. The van der Waals surface area contributed by atoms with Crippen LogP contribution in [0, 0.1) is 0 Å². The van der Waals surface area contributed by atoms with Crippen LogP contribution in [-0.4, -0.2) is 12.6 Å². The van der Waals surface area contributed by atoms with Crippen molar-refractivity contribution in [3.8, 4) is 0 Å². The van der Waals surface area contributed by atoms with Gasteiger partial charge in [-0.15, -0.1) is 0 Å². The Balaban J connectivity index is 1.14. The average molecular weight is 623 g/mol. The van der Waals surface area contributed by atoms with E-state index in [1.54, 1.807) is 0 Å². The maximum Gasteiger partial charge on any atom is 0.0215 e. The van der Waals surface area contributed by atoms with Gasteiger partial charge >= 0.3 is 0 Å². The lowest BCUT2D eigenvalue weighted by molar-refractivity contribution is 0.502. The van der Waals surface area contributed by atoms with Gasteiger partial charge in [-0.05, 0) is 65.7 Å². The van der Waals surface area contributed by atoms with Crippen LogP contribution in [0.3, 0.4) is 0 Å². The summed E-state index contributed by atoms with van der Waals surface area (Å²) in [6.07, 6.45) is 0. The Morgan fingerprint density at radius 2 is 0.756 bits per heavy atom. The summed E-state index contributed by atoms with van der Waals surface area (Å²) >= 11 is 0. The molecule has 0 fully saturated rings. The molecule has 0 saturated carbocycles. The highest BCUT2D eigenvalue weighted by Gasteiger charge is 2.20. The molecule has 4 heteroatoms.